The average Bonchev–Trinajstić information content (AvgIpc) is 2.42. The fourth-order valence-electron chi connectivity index (χ4n) is 1.95. The molecule has 0 saturated carbocycles. The van der Waals surface area contributed by atoms with Gasteiger partial charge < -0.3 is 11.5 Å². The van der Waals surface area contributed by atoms with Crippen molar-refractivity contribution in [3.05, 3.63) is 35.4 Å². The minimum absolute atomic E-state index is 0.563. The largest absolute Gasteiger partial charge is 0.351 e. The van der Waals surface area contributed by atoms with Crippen molar-refractivity contribution in [2.75, 3.05) is 27.2 Å². The molecule has 0 unspecified atom stereocenters. The van der Waals surface area contributed by atoms with Crippen molar-refractivity contribution in [3.63, 3.8) is 0 Å². The summed E-state index contributed by atoms with van der Waals surface area (Å²) in [6, 6.07) is 7.08. The number of carbonyl (C=O) groups is 2. The number of hydrogen-bond donors (Lipinski definition) is 4. The standard InChI is InChI=1S/C14H24N6O2/c1-19(17-13(15)21)9-7-11-3-5-12(6-4-11)8-10-20(2)18-14(16)22/h3-6H,7-10H2,1-2H3,(H3,15,17,21)(H3,16,18,22). The highest BCUT2D eigenvalue weighted by molar-refractivity contribution is 5.71. The molecule has 0 radical (unpaired) electrons. The van der Waals surface area contributed by atoms with E-state index in [4.69, 9.17) is 11.5 Å². The summed E-state index contributed by atoms with van der Waals surface area (Å²) in [4.78, 5) is 21.4. The first-order valence-electron chi connectivity index (χ1n) is 6.99. The molecule has 8 nitrogen and oxygen atoms in total. The van der Waals surface area contributed by atoms with E-state index in [0.29, 0.717) is 13.1 Å². The van der Waals surface area contributed by atoms with Crippen molar-refractivity contribution in [2.45, 2.75) is 12.8 Å². The number of nitrogens with one attached hydrogen (secondary N) is 2. The monoisotopic (exact) mass is 308 g/mol. The lowest BCUT2D eigenvalue weighted by molar-refractivity contribution is 0.206. The van der Waals surface area contributed by atoms with Crippen LogP contribution in [0, 0.1) is 0 Å². The smallest absolute Gasteiger partial charge is 0.326 e. The molecule has 0 heterocycles. The zero-order valence-corrected chi connectivity index (χ0v) is 13.0. The van der Waals surface area contributed by atoms with E-state index in [1.165, 1.54) is 11.1 Å². The predicted octanol–water partition coefficient (Wildman–Crippen LogP) is -0.198. The Hall–Kier alpha value is -2.32. The molecule has 0 aliphatic heterocycles. The number of primary amides is 2. The summed E-state index contributed by atoms with van der Waals surface area (Å²) >= 11 is 0. The lowest BCUT2D eigenvalue weighted by Gasteiger charge is -2.17. The van der Waals surface area contributed by atoms with Crippen molar-refractivity contribution in [3.8, 4) is 0 Å². The Morgan fingerprint density at radius 2 is 1.18 bits per heavy atom. The number of likely N-dealkylation sites (N-methyl/N-ethyl adjacent to an activating group) is 2. The summed E-state index contributed by atoms with van der Waals surface area (Å²) in [5, 5.41) is 3.31. The fourth-order valence-corrected chi connectivity index (χ4v) is 1.95. The van der Waals surface area contributed by atoms with Crippen LogP contribution in [0.25, 0.3) is 0 Å². The Balaban J connectivity index is 2.36. The number of rotatable bonds is 8. The highest BCUT2D eigenvalue weighted by atomic mass is 16.2. The summed E-state index contributed by atoms with van der Waals surface area (Å²) in [5.74, 6) is 0. The zero-order chi connectivity index (χ0) is 16.5. The van der Waals surface area contributed by atoms with Crippen LogP contribution in [-0.2, 0) is 12.8 Å². The summed E-state index contributed by atoms with van der Waals surface area (Å²) in [6.07, 6.45) is 1.61. The number of hydrazine groups is 2. The first-order valence-corrected chi connectivity index (χ1v) is 6.99. The summed E-state index contributed by atoms with van der Waals surface area (Å²) in [6.45, 7) is 1.35. The van der Waals surface area contributed by atoms with Crippen LogP contribution in [0.1, 0.15) is 11.1 Å². The van der Waals surface area contributed by atoms with E-state index in [1.807, 2.05) is 0 Å². The molecular formula is C14H24N6O2. The lowest BCUT2D eigenvalue weighted by atomic mass is 10.1. The number of urea groups is 2. The molecule has 6 N–H and O–H groups in total. The van der Waals surface area contributed by atoms with Gasteiger partial charge in [-0.25, -0.2) is 19.6 Å². The van der Waals surface area contributed by atoms with Crippen LogP contribution in [-0.4, -0.2) is 49.3 Å². The van der Waals surface area contributed by atoms with E-state index in [0.717, 1.165) is 12.8 Å². The van der Waals surface area contributed by atoms with Gasteiger partial charge in [-0.15, -0.1) is 0 Å². The van der Waals surface area contributed by atoms with Crippen LogP contribution in [0.15, 0.2) is 24.3 Å². The van der Waals surface area contributed by atoms with E-state index >= 15 is 0 Å². The van der Waals surface area contributed by atoms with E-state index in [-0.39, 0.29) is 0 Å². The Bertz CT molecular complexity index is 446. The van der Waals surface area contributed by atoms with Gasteiger partial charge in [-0.3, -0.25) is 10.9 Å². The molecule has 122 valence electrons. The van der Waals surface area contributed by atoms with Gasteiger partial charge in [0.2, 0.25) is 0 Å². The maximum Gasteiger partial charge on any atom is 0.326 e. The van der Waals surface area contributed by atoms with E-state index < -0.39 is 12.1 Å². The normalized spacial score (nSPS) is 10.7. The number of amides is 4. The molecule has 1 aromatic carbocycles. The number of nitrogens with zero attached hydrogens (tertiary/aromatic N) is 2. The number of benzene rings is 1. The number of carbonyl (C=O) groups excluding carboxylic acids is 2. The van der Waals surface area contributed by atoms with Gasteiger partial charge >= 0.3 is 12.1 Å². The third kappa shape index (κ3) is 7.46. The molecule has 1 rings (SSSR count). The Morgan fingerprint density at radius 3 is 1.45 bits per heavy atom. The molecule has 0 aliphatic carbocycles. The van der Waals surface area contributed by atoms with Gasteiger partial charge in [0, 0.05) is 27.2 Å². The van der Waals surface area contributed by atoms with Crippen LogP contribution in [0.3, 0.4) is 0 Å². The Labute approximate surface area is 130 Å². The fraction of sp³-hybridized carbons (Fsp3) is 0.429. The molecule has 1 aromatic rings. The lowest BCUT2D eigenvalue weighted by Crippen LogP contribution is -2.43. The quantitative estimate of drug-likeness (QED) is 0.498. The second-order valence-electron chi connectivity index (χ2n) is 5.11. The summed E-state index contributed by atoms with van der Waals surface area (Å²) < 4.78 is 0. The van der Waals surface area contributed by atoms with E-state index in [9.17, 15) is 9.59 Å². The zero-order valence-electron chi connectivity index (χ0n) is 13.0. The predicted molar refractivity (Wildman–Crippen MR) is 84.5 cm³/mol. The molecule has 0 bridgehead atoms. The topological polar surface area (TPSA) is 117 Å². The second-order valence-corrected chi connectivity index (χ2v) is 5.11. The average molecular weight is 308 g/mol. The number of nitrogens with two attached hydrogens (primary N) is 2. The first kappa shape index (κ1) is 17.7. The summed E-state index contributed by atoms with van der Waals surface area (Å²) in [5.41, 5.74) is 17.4. The maximum absolute atomic E-state index is 10.7. The molecule has 0 atom stereocenters. The van der Waals surface area contributed by atoms with Gasteiger partial charge in [0.05, 0.1) is 0 Å². The van der Waals surface area contributed by atoms with Crippen LogP contribution < -0.4 is 22.3 Å². The Kier molecular flexibility index (Phi) is 7.14. The van der Waals surface area contributed by atoms with E-state index in [1.54, 1.807) is 24.1 Å². The summed E-state index contributed by atoms with van der Waals surface area (Å²) in [7, 11) is 3.53. The van der Waals surface area contributed by atoms with Crippen molar-refractivity contribution >= 4 is 12.1 Å². The van der Waals surface area contributed by atoms with Crippen molar-refractivity contribution in [1.82, 2.24) is 20.9 Å². The molecule has 0 saturated heterocycles. The van der Waals surface area contributed by atoms with Crippen LogP contribution >= 0.6 is 0 Å². The minimum atomic E-state index is -0.563. The van der Waals surface area contributed by atoms with Crippen LogP contribution in [0.4, 0.5) is 9.59 Å². The molecule has 0 spiro atoms. The van der Waals surface area contributed by atoms with Crippen molar-refractivity contribution in [1.29, 1.82) is 0 Å². The highest BCUT2D eigenvalue weighted by Gasteiger charge is 2.03. The van der Waals surface area contributed by atoms with Gasteiger partial charge in [-0.2, -0.15) is 0 Å². The minimum Gasteiger partial charge on any atom is -0.351 e. The van der Waals surface area contributed by atoms with Gasteiger partial charge in [-0.1, -0.05) is 24.3 Å². The highest BCUT2D eigenvalue weighted by Crippen LogP contribution is 2.06. The van der Waals surface area contributed by atoms with Gasteiger partial charge in [0.25, 0.3) is 0 Å². The second kappa shape index (κ2) is 8.85. The molecular weight excluding hydrogens is 284 g/mol. The van der Waals surface area contributed by atoms with Crippen molar-refractivity contribution < 1.29 is 9.59 Å². The maximum atomic E-state index is 10.7. The van der Waals surface area contributed by atoms with Gasteiger partial charge in [0.15, 0.2) is 0 Å². The van der Waals surface area contributed by atoms with Crippen LogP contribution in [0.2, 0.25) is 0 Å². The molecule has 22 heavy (non-hydrogen) atoms. The first-order chi connectivity index (χ1) is 10.4. The third-order valence-electron chi connectivity index (χ3n) is 3.10. The third-order valence-corrected chi connectivity index (χ3v) is 3.10. The molecule has 8 heteroatoms. The van der Waals surface area contributed by atoms with Gasteiger partial charge in [0.1, 0.15) is 0 Å². The van der Waals surface area contributed by atoms with E-state index in [2.05, 4.69) is 35.1 Å². The molecule has 0 aliphatic rings. The Morgan fingerprint density at radius 1 is 0.864 bits per heavy atom. The molecule has 0 aromatic heterocycles. The molecule has 4 amide bonds. The van der Waals surface area contributed by atoms with Crippen molar-refractivity contribution in [2.24, 2.45) is 11.5 Å². The van der Waals surface area contributed by atoms with Crippen LogP contribution in [0.5, 0.6) is 0 Å². The number of hydrogen-bond acceptors (Lipinski definition) is 4. The SMILES string of the molecule is CN(CCc1ccc(CCN(C)NC(N)=O)cc1)NC(N)=O. The van der Waals surface area contributed by atoms with Gasteiger partial charge in [-0.05, 0) is 24.0 Å². The molecule has 0 fully saturated rings.